The van der Waals surface area contributed by atoms with Crippen molar-refractivity contribution in [3.05, 3.63) is 48.0 Å². The number of amides is 3. The molecule has 3 amide bonds. The second kappa shape index (κ2) is 9.01. The van der Waals surface area contributed by atoms with E-state index in [0.717, 1.165) is 37.9 Å². The molecule has 1 aliphatic rings. The lowest BCUT2D eigenvalue weighted by atomic mass is 10.1. The smallest absolute Gasteiger partial charge is 0.251 e. The molecule has 1 atom stereocenters. The molecule has 1 aliphatic heterocycles. The summed E-state index contributed by atoms with van der Waals surface area (Å²) in [5, 5.41) is 5.43. The van der Waals surface area contributed by atoms with Gasteiger partial charge in [-0.15, -0.1) is 0 Å². The zero-order valence-electron chi connectivity index (χ0n) is 14.6. The zero-order valence-corrected chi connectivity index (χ0v) is 14.6. The van der Waals surface area contributed by atoms with Gasteiger partial charge in [0.15, 0.2) is 0 Å². The number of benzene rings is 1. The minimum Gasteiger partial charge on any atom is -0.348 e. The highest BCUT2D eigenvalue weighted by atomic mass is 16.2. The van der Waals surface area contributed by atoms with Crippen molar-refractivity contribution in [2.24, 2.45) is 0 Å². The van der Waals surface area contributed by atoms with E-state index in [9.17, 15) is 14.4 Å². The number of piperidine rings is 1. The Labute approximate surface area is 148 Å². The maximum Gasteiger partial charge on any atom is 0.251 e. The number of nitrogens with zero attached hydrogens (tertiary/aromatic N) is 1. The molecule has 0 unspecified atom stereocenters. The van der Waals surface area contributed by atoms with E-state index >= 15 is 0 Å². The Balaban J connectivity index is 1.88. The van der Waals surface area contributed by atoms with Crippen LogP contribution in [0.1, 0.15) is 42.1 Å². The van der Waals surface area contributed by atoms with Gasteiger partial charge in [-0.25, -0.2) is 0 Å². The number of carbonyl (C=O) groups is 3. The summed E-state index contributed by atoms with van der Waals surface area (Å²) >= 11 is 0. The predicted octanol–water partition coefficient (Wildman–Crippen LogP) is 1.62. The molecule has 0 spiro atoms. The van der Waals surface area contributed by atoms with Gasteiger partial charge in [-0.05, 0) is 50.0 Å². The van der Waals surface area contributed by atoms with Crippen LogP contribution in [0.15, 0.2) is 36.9 Å². The molecule has 1 fully saturated rings. The van der Waals surface area contributed by atoms with Crippen LogP contribution in [0.5, 0.6) is 0 Å². The SMILES string of the molecule is C=CC(=O)NCc1ccc(C(=O)N[C@@H](C)C(=O)N2CCCCC2)cc1. The third kappa shape index (κ3) is 5.45. The van der Waals surface area contributed by atoms with Crippen LogP contribution in [0.2, 0.25) is 0 Å². The number of nitrogens with one attached hydrogen (secondary N) is 2. The van der Waals surface area contributed by atoms with E-state index < -0.39 is 6.04 Å². The highest BCUT2D eigenvalue weighted by Gasteiger charge is 2.23. The standard InChI is InChI=1S/C19H25N3O3/c1-3-17(23)20-13-15-7-9-16(10-8-15)18(24)21-14(2)19(25)22-11-5-4-6-12-22/h3,7-10,14H,1,4-6,11-13H2,2H3,(H,20,23)(H,21,24)/t14-/m0/s1. The summed E-state index contributed by atoms with van der Waals surface area (Å²) < 4.78 is 0. The van der Waals surface area contributed by atoms with Gasteiger partial charge in [-0.2, -0.15) is 0 Å². The minimum absolute atomic E-state index is 0.0307. The summed E-state index contributed by atoms with van der Waals surface area (Å²) in [7, 11) is 0. The van der Waals surface area contributed by atoms with Gasteiger partial charge in [0, 0.05) is 25.2 Å². The molecule has 134 valence electrons. The summed E-state index contributed by atoms with van der Waals surface area (Å²) in [5.74, 6) is -0.553. The molecule has 0 bridgehead atoms. The third-order valence-corrected chi connectivity index (χ3v) is 4.25. The number of likely N-dealkylation sites (tertiary alicyclic amines) is 1. The molecule has 2 N–H and O–H groups in total. The third-order valence-electron chi connectivity index (χ3n) is 4.25. The maximum absolute atomic E-state index is 12.4. The second-order valence-corrected chi connectivity index (χ2v) is 6.20. The molecule has 1 saturated heterocycles. The first kappa shape index (κ1) is 18.7. The Morgan fingerprint density at radius 1 is 1.16 bits per heavy atom. The summed E-state index contributed by atoms with van der Waals surface area (Å²) in [6.45, 7) is 7.01. The molecule has 2 rings (SSSR count). The first-order valence-electron chi connectivity index (χ1n) is 8.60. The van der Waals surface area contributed by atoms with Crippen LogP contribution >= 0.6 is 0 Å². The van der Waals surface area contributed by atoms with Crippen LogP contribution in [0.4, 0.5) is 0 Å². The number of carbonyl (C=O) groups excluding carboxylic acids is 3. The molecule has 0 aliphatic carbocycles. The van der Waals surface area contributed by atoms with E-state index in [0.29, 0.717) is 12.1 Å². The predicted molar refractivity (Wildman–Crippen MR) is 95.8 cm³/mol. The van der Waals surface area contributed by atoms with Gasteiger partial charge in [-0.1, -0.05) is 18.7 Å². The van der Waals surface area contributed by atoms with Crippen molar-refractivity contribution in [1.82, 2.24) is 15.5 Å². The Kier molecular flexibility index (Phi) is 6.74. The molecule has 0 aromatic heterocycles. The first-order chi connectivity index (χ1) is 12.0. The lowest BCUT2D eigenvalue weighted by Crippen LogP contribution is -2.48. The van der Waals surface area contributed by atoms with Crippen molar-refractivity contribution >= 4 is 17.7 Å². The van der Waals surface area contributed by atoms with Crippen molar-refractivity contribution in [1.29, 1.82) is 0 Å². The average molecular weight is 343 g/mol. The Morgan fingerprint density at radius 3 is 2.40 bits per heavy atom. The van der Waals surface area contributed by atoms with Crippen molar-refractivity contribution in [2.75, 3.05) is 13.1 Å². The van der Waals surface area contributed by atoms with Crippen LogP contribution in [0.25, 0.3) is 0 Å². The lowest BCUT2D eigenvalue weighted by molar-refractivity contribution is -0.133. The summed E-state index contributed by atoms with van der Waals surface area (Å²) in [6, 6.07) is 6.37. The minimum atomic E-state index is -0.544. The van der Waals surface area contributed by atoms with Gasteiger partial charge in [-0.3, -0.25) is 14.4 Å². The van der Waals surface area contributed by atoms with E-state index in [-0.39, 0.29) is 17.7 Å². The van der Waals surface area contributed by atoms with E-state index in [1.54, 1.807) is 31.2 Å². The van der Waals surface area contributed by atoms with Gasteiger partial charge in [0.2, 0.25) is 11.8 Å². The summed E-state index contributed by atoms with van der Waals surface area (Å²) in [4.78, 5) is 37.6. The van der Waals surface area contributed by atoms with Crippen LogP contribution in [-0.2, 0) is 16.1 Å². The van der Waals surface area contributed by atoms with Gasteiger partial charge in [0.25, 0.3) is 5.91 Å². The van der Waals surface area contributed by atoms with Gasteiger partial charge >= 0.3 is 0 Å². The largest absolute Gasteiger partial charge is 0.348 e. The fourth-order valence-electron chi connectivity index (χ4n) is 2.77. The number of hydrogen-bond donors (Lipinski definition) is 2. The molecule has 25 heavy (non-hydrogen) atoms. The van der Waals surface area contributed by atoms with Crippen molar-refractivity contribution in [3.63, 3.8) is 0 Å². The molecule has 0 saturated carbocycles. The van der Waals surface area contributed by atoms with Crippen molar-refractivity contribution in [3.8, 4) is 0 Å². The molecule has 6 heteroatoms. The molecular weight excluding hydrogens is 318 g/mol. The molecule has 1 aromatic rings. The van der Waals surface area contributed by atoms with Crippen molar-refractivity contribution < 1.29 is 14.4 Å². The zero-order chi connectivity index (χ0) is 18.2. The Hall–Kier alpha value is -2.63. The molecule has 1 aromatic carbocycles. The topological polar surface area (TPSA) is 78.5 Å². The van der Waals surface area contributed by atoms with Crippen LogP contribution in [-0.4, -0.2) is 41.8 Å². The normalized spacial score (nSPS) is 15.2. The van der Waals surface area contributed by atoms with E-state index in [1.165, 1.54) is 6.08 Å². The number of rotatable bonds is 6. The summed E-state index contributed by atoms with van der Waals surface area (Å²) in [5.41, 5.74) is 1.36. The fourth-order valence-corrected chi connectivity index (χ4v) is 2.77. The van der Waals surface area contributed by atoms with E-state index in [2.05, 4.69) is 17.2 Å². The van der Waals surface area contributed by atoms with Crippen molar-refractivity contribution in [2.45, 2.75) is 38.8 Å². The van der Waals surface area contributed by atoms with Gasteiger partial charge in [0.05, 0.1) is 0 Å². The van der Waals surface area contributed by atoms with Crippen LogP contribution in [0.3, 0.4) is 0 Å². The first-order valence-corrected chi connectivity index (χ1v) is 8.60. The van der Waals surface area contributed by atoms with Gasteiger partial charge < -0.3 is 15.5 Å². The Morgan fingerprint density at radius 2 is 1.80 bits per heavy atom. The molecule has 6 nitrogen and oxygen atoms in total. The molecular formula is C19H25N3O3. The number of hydrogen-bond acceptors (Lipinski definition) is 3. The molecule has 0 radical (unpaired) electrons. The fraction of sp³-hybridized carbons (Fsp3) is 0.421. The van der Waals surface area contributed by atoms with E-state index in [1.807, 2.05) is 4.90 Å². The van der Waals surface area contributed by atoms with Crippen LogP contribution < -0.4 is 10.6 Å². The molecule has 1 heterocycles. The second-order valence-electron chi connectivity index (χ2n) is 6.20. The van der Waals surface area contributed by atoms with E-state index in [4.69, 9.17) is 0 Å². The highest BCUT2D eigenvalue weighted by Crippen LogP contribution is 2.10. The average Bonchev–Trinajstić information content (AvgIpc) is 2.66. The maximum atomic E-state index is 12.4. The monoisotopic (exact) mass is 343 g/mol. The highest BCUT2D eigenvalue weighted by molar-refractivity contribution is 5.97. The quantitative estimate of drug-likeness (QED) is 0.771. The van der Waals surface area contributed by atoms with Crippen LogP contribution in [0, 0.1) is 0 Å². The van der Waals surface area contributed by atoms with Gasteiger partial charge in [0.1, 0.15) is 6.04 Å². The summed E-state index contributed by atoms with van der Waals surface area (Å²) in [6.07, 6.45) is 4.42. The Bertz CT molecular complexity index is 634. The lowest BCUT2D eigenvalue weighted by Gasteiger charge is -2.29.